The van der Waals surface area contributed by atoms with Gasteiger partial charge in [-0.15, -0.1) is 23.1 Å². The van der Waals surface area contributed by atoms with Crippen molar-refractivity contribution in [2.75, 3.05) is 23.4 Å². The molecule has 0 radical (unpaired) electrons. The quantitative estimate of drug-likeness (QED) is 0.128. The summed E-state index contributed by atoms with van der Waals surface area (Å²) in [6, 6.07) is 34.9. The van der Waals surface area contributed by atoms with Gasteiger partial charge in [0, 0.05) is 62.8 Å². The minimum absolute atomic E-state index is 0.747. The van der Waals surface area contributed by atoms with Crippen LogP contribution in [0.1, 0.15) is 37.5 Å². The zero-order valence-electron chi connectivity index (χ0n) is 29.3. The van der Waals surface area contributed by atoms with Crippen LogP contribution in [0.25, 0.3) is 33.5 Å². The van der Waals surface area contributed by atoms with Crippen LogP contribution in [0.3, 0.4) is 0 Å². The molecule has 0 aliphatic carbocycles. The Morgan fingerprint density at radius 1 is 0.840 bits per heavy atom. The lowest BCUT2D eigenvalue weighted by atomic mass is 9.96. The van der Waals surface area contributed by atoms with E-state index < -0.39 is 0 Å². The van der Waals surface area contributed by atoms with Gasteiger partial charge in [0.25, 0.3) is 0 Å². The number of fused-ring (bicyclic) bond motifs is 2. The molecule has 6 rings (SSSR count). The van der Waals surface area contributed by atoms with E-state index in [2.05, 4.69) is 196 Å². The first-order chi connectivity index (χ1) is 24.6. The van der Waals surface area contributed by atoms with Crippen LogP contribution in [0.2, 0.25) is 0 Å². The highest BCUT2D eigenvalue weighted by atomic mass is 32.2. The largest absolute Gasteiger partial charge is 0.350 e. The summed E-state index contributed by atoms with van der Waals surface area (Å²) in [4.78, 5) is 5.89. The van der Waals surface area contributed by atoms with E-state index in [0.717, 1.165) is 18.0 Å². The Kier molecular flexibility index (Phi) is 11.5. The molecule has 1 aliphatic rings. The van der Waals surface area contributed by atoms with Crippen LogP contribution in [0.4, 0.5) is 17.1 Å². The molecule has 0 spiro atoms. The summed E-state index contributed by atoms with van der Waals surface area (Å²) in [5.74, 6) is 0.914. The Labute approximate surface area is 305 Å². The number of rotatable bonds is 11. The molecule has 0 N–H and O–H groups in total. The van der Waals surface area contributed by atoms with Crippen molar-refractivity contribution < 1.29 is 0 Å². The number of allylic oxidation sites excluding steroid dienone is 9. The zero-order chi connectivity index (χ0) is 34.9. The average Bonchev–Trinajstić information content (AvgIpc) is 3.51. The number of thiophene rings is 1. The third-order valence-electron chi connectivity index (χ3n) is 8.89. The molecule has 1 aromatic heterocycles. The second kappa shape index (κ2) is 16.6. The molecular formula is C46H44N2S2. The topological polar surface area (TPSA) is 6.48 Å². The third-order valence-corrected chi connectivity index (χ3v) is 11.1. The van der Waals surface area contributed by atoms with Crippen LogP contribution in [0.15, 0.2) is 157 Å². The highest BCUT2D eigenvalue weighted by Crippen LogP contribution is 2.44. The van der Waals surface area contributed by atoms with Crippen LogP contribution in [-0.4, -0.2) is 13.6 Å². The first-order valence-electron chi connectivity index (χ1n) is 17.1. The van der Waals surface area contributed by atoms with Crippen LogP contribution >= 0.6 is 23.1 Å². The van der Waals surface area contributed by atoms with E-state index in [1.165, 1.54) is 64.0 Å². The van der Waals surface area contributed by atoms with Gasteiger partial charge in [-0.1, -0.05) is 122 Å². The molecule has 0 unspecified atom stereocenters. The average molecular weight is 689 g/mol. The fourth-order valence-corrected chi connectivity index (χ4v) is 8.60. The Morgan fingerprint density at radius 3 is 2.36 bits per heavy atom. The molecule has 2 nitrogen and oxygen atoms in total. The zero-order valence-corrected chi connectivity index (χ0v) is 31.0. The number of para-hydroxylation sites is 1. The van der Waals surface area contributed by atoms with Crippen molar-refractivity contribution in [2.24, 2.45) is 0 Å². The monoisotopic (exact) mass is 688 g/mol. The van der Waals surface area contributed by atoms with E-state index in [0.29, 0.717) is 0 Å². The Hall–Kier alpha value is -5.03. The van der Waals surface area contributed by atoms with Crippen molar-refractivity contribution in [1.29, 1.82) is 0 Å². The van der Waals surface area contributed by atoms with Gasteiger partial charge < -0.3 is 9.80 Å². The first kappa shape index (κ1) is 34.8. The molecule has 1 aliphatic heterocycles. The Morgan fingerprint density at radius 2 is 1.62 bits per heavy atom. The first-order valence-corrected chi connectivity index (χ1v) is 18.9. The number of hydrogen-bond acceptors (Lipinski definition) is 4. The molecule has 0 saturated carbocycles. The van der Waals surface area contributed by atoms with Crippen LogP contribution in [0, 0.1) is 0 Å². The van der Waals surface area contributed by atoms with Crippen molar-refractivity contribution in [1.82, 2.24) is 0 Å². The second-order valence-corrected chi connectivity index (χ2v) is 14.1. The maximum absolute atomic E-state index is 4.09. The molecule has 250 valence electrons. The fourth-order valence-electron chi connectivity index (χ4n) is 6.38. The lowest BCUT2D eigenvalue weighted by Gasteiger charge is -2.30. The van der Waals surface area contributed by atoms with E-state index in [1.807, 2.05) is 29.2 Å². The van der Waals surface area contributed by atoms with Crippen molar-refractivity contribution in [3.63, 3.8) is 0 Å². The number of anilines is 3. The molecule has 0 atom stereocenters. The summed E-state index contributed by atoms with van der Waals surface area (Å²) < 4.78 is 2.56. The molecule has 0 amide bonds. The van der Waals surface area contributed by atoms with Crippen molar-refractivity contribution in [3.8, 4) is 0 Å². The summed E-state index contributed by atoms with van der Waals surface area (Å²) in [6.45, 7) is 11.1. The summed E-state index contributed by atoms with van der Waals surface area (Å²) >= 11 is 3.70. The van der Waals surface area contributed by atoms with Crippen molar-refractivity contribution in [3.05, 3.63) is 184 Å². The molecule has 4 aromatic carbocycles. The number of hydrogen-bond donors (Lipinski definition) is 0. The van der Waals surface area contributed by atoms with Gasteiger partial charge >= 0.3 is 0 Å². The van der Waals surface area contributed by atoms with Gasteiger partial charge in [-0.25, -0.2) is 0 Å². The van der Waals surface area contributed by atoms with Gasteiger partial charge in [-0.05, 0) is 85.0 Å². The highest BCUT2D eigenvalue weighted by molar-refractivity contribution is 8.02. The second-order valence-electron chi connectivity index (χ2n) is 12.0. The number of thioether (sulfide) groups is 1. The molecule has 0 fully saturated rings. The predicted octanol–water partition coefficient (Wildman–Crippen LogP) is 11.7. The summed E-state index contributed by atoms with van der Waals surface area (Å²) in [5.41, 5.74) is 9.86. The van der Waals surface area contributed by atoms with Crippen LogP contribution in [-0.2, 0) is 5.75 Å². The smallest absolute Gasteiger partial charge is 0.0517 e. The van der Waals surface area contributed by atoms with E-state index in [-0.39, 0.29) is 0 Å². The van der Waals surface area contributed by atoms with E-state index in [9.17, 15) is 0 Å². The van der Waals surface area contributed by atoms with Gasteiger partial charge in [-0.3, -0.25) is 0 Å². The minimum Gasteiger partial charge on any atom is -0.350 e. The van der Waals surface area contributed by atoms with E-state index >= 15 is 0 Å². The van der Waals surface area contributed by atoms with Gasteiger partial charge in [0.05, 0.1) is 4.53 Å². The maximum atomic E-state index is 4.09. The van der Waals surface area contributed by atoms with Gasteiger partial charge in [0.1, 0.15) is 0 Å². The van der Waals surface area contributed by atoms with Gasteiger partial charge in [0.15, 0.2) is 0 Å². The number of benzene rings is 4. The number of nitrogens with zero attached hydrogens (tertiary/aromatic N) is 2. The molecule has 2 heterocycles. The summed E-state index contributed by atoms with van der Waals surface area (Å²) in [7, 11) is 2.13. The highest BCUT2D eigenvalue weighted by Gasteiger charge is 2.22. The lowest BCUT2D eigenvalue weighted by Crippen LogP contribution is -2.23. The minimum atomic E-state index is 0.747. The molecule has 5 aromatic rings. The normalized spacial score (nSPS) is 14.4. The maximum Gasteiger partial charge on any atom is 0.0517 e. The fraction of sp³-hybridized carbons (Fsp3) is 0.130. The van der Waals surface area contributed by atoms with E-state index in [4.69, 9.17) is 0 Å². The lowest BCUT2D eigenvalue weighted by molar-refractivity contribution is 1.08. The SMILES string of the molecule is C=CC1=C(/C=C\C)c2cccc(N(C/C=C\C(=C/C)c3ccc(N(C)\C=c4/sc5ccccc5/c4=C/C=C\C)cc3)c3ccccc3)c2CS1. The van der Waals surface area contributed by atoms with Gasteiger partial charge in [-0.2, -0.15) is 0 Å². The van der Waals surface area contributed by atoms with Gasteiger partial charge in [0.2, 0.25) is 0 Å². The molecule has 4 heteroatoms. The summed E-state index contributed by atoms with van der Waals surface area (Å²) in [6.07, 6.45) is 21.7. The Bertz CT molecular complexity index is 2250. The van der Waals surface area contributed by atoms with Crippen LogP contribution < -0.4 is 19.6 Å². The predicted molar refractivity (Wildman–Crippen MR) is 226 cm³/mol. The summed E-state index contributed by atoms with van der Waals surface area (Å²) in [5, 5.41) is 2.56. The standard InChI is InChI=1S/C46H44N2S2/c1-6-10-22-41-40-23-14-15-26-45(40)50-46(41)32-47(5)36-29-27-35(28-30-36)34(8-3)19-17-31-48(37-20-12-11-13-21-37)43-25-16-24-38-39(18-7-2)44(9-4)49-33-42(38)43/h6-30,32H,4,31,33H2,1-3,5H3/b10-6-,18-7-,19-17-,34-8+,41-22-,46-32-. The van der Waals surface area contributed by atoms with Crippen molar-refractivity contribution in [2.45, 2.75) is 26.5 Å². The molecular weight excluding hydrogens is 645 g/mol. The Balaban J connectivity index is 1.26. The van der Waals surface area contributed by atoms with Crippen LogP contribution in [0.5, 0.6) is 0 Å². The molecule has 50 heavy (non-hydrogen) atoms. The third kappa shape index (κ3) is 7.57. The molecule has 0 bridgehead atoms. The van der Waals surface area contributed by atoms with E-state index in [1.54, 1.807) is 0 Å². The van der Waals surface area contributed by atoms with Crippen molar-refractivity contribution >= 4 is 73.7 Å². The molecule has 0 saturated heterocycles.